The highest BCUT2D eigenvalue weighted by Gasteiger charge is 2.35. The molecule has 3 aromatic rings. The number of hydrogen-bond donors (Lipinski definition) is 1. The smallest absolute Gasteiger partial charge is 0.225 e. The Kier molecular flexibility index (Phi) is 3.75. The van der Waals surface area contributed by atoms with Gasteiger partial charge in [-0.1, -0.05) is 32.0 Å². The molecule has 0 atom stereocenters. The lowest BCUT2D eigenvalue weighted by Gasteiger charge is -2.46. The van der Waals surface area contributed by atoms with Crippen molar-refractivity contribution in [3.05, 3.63) is 54.1 Å². The maximum Gasteiger partial charge on any atom is 0.225 e. The minimum absolute atomic E-state index is 0.319. The lowest BCUT2D eigenvalue weighted by Crippen LogP contribution is -2.53. The summed E-state index contributed by atoms with van der Waals surface area (Å²) in [5.74, 6) is 1.06. The summed E-state index contributed by atoms with van der Waals surface area (Å²) < 4.78 is 12.9. The molecule has 1 fully saturated rings. The molecule has 1 aliphatic heterocycles. The van der Waals surface area contributed by atoms with Crippen molar-refractivity contribution in [2.24, 2.45) is 5.41 Å². The van der Waals surface area contributed by atoms with Crippen LogP contribution in [-0.2, 0) is 6.54 Å². The van der Waals surface area contributed by atoms with E-state index < -0.39 is 5.95 Å². The van der Waals surface area contributed by atoms with Crippen LogP contribution in [0.3, 0.4) is 0 Å². The van der Waals surface area contributed by atoms with E-state index in [9.17, 15) is 4.39 Å². The zero-order chi connectivity index (χ0) is 17.4. The van der Waals surface area contributed by atoms with Crippen molar-refractivity contribution in [3.8, 4) is 0 Å². The number of rotatable bonds is 4. The van der Waals surface area contributed by atoms with Crippen LogP contribution in [0.2, 0.25) is 0 Å². The molecular formula is C19H20FN5. The minimum Gasteiger partial charge on any atom is -0.355 e. The van der Waals surface area contributed by atoms with E-state index in [1.54, 1.807) is 6.07 Å². The molecule has 4 rings (SSSR count). The van der Waals surface area contributed by atoms with Crippen molar-refractivity contribution in [1.82, 2.24) is 15.0 Å². The van der Waals surface area contributed by atoms with Crippen molar-refractivity contribution >= 4 is 22.7 Å². The van der Waals surface area contributed by atoms with Crippen molar-refractivity contribution in [1.29, 1.82) is 0 Å². The van der Waals surface area contributed by atoms with E-state index in [4.69, 9.17) is 4.98 Å². The summed E-state index contributed by atoms with van der Waals surface area (Å²) in [7, 11) is 0. The standard InChI is InChI=1S/C19H20FN5/c1-19(2)11-25(12-19)17-14-5-3-4-6-15(14)23-18(24-17)22-10-13-7-8-16(20)21-9-13/h3-9H,10-12H2,1-2H3,(H,22,23,24). The number of benzene rings is 1. The van der Waals surface area contributed by atoms with Crippen molar-refractivity contribution in [2.75, 3.05) is 23.3 Å². The quantitative estimate of drug-likeness (QED) is 0.737. The lowest BCUT2D eigenvalue weighted by atomic mass is 9.84. The first-order valence-electron chi connectivity index (χ1n) is 8.36. The normalized spacial score (nSPS) is 15.9. The monoisotopic (exact) mass is 337 g/mol. The number of nitrogens with zero attached hydrogens (tertiary/aromatic N) is 4. The minimum atomic E-state index is -0.478. The van der Waals surface area contributed by atoms with Crippen molar-refractivity contribution in [2.45, 2.75) is 20.4 Å². The second kappa shape index (κ2) is 5.95. The lowest BCUT2D eigenvalue weighted by molar-refractivity contribution is 0.275. The van der Waals surface area contributed by atoms with Gasteiger partial charge in [0.05, 0.1) is 5.52 Å². The SMILES string of the molecule is CC1(C)CN(c2nc(NCc3ccc(F)nc3)nc3ccccc23)C1. The fraction of sp³-hybridized carbons (Fsp3) is 0.316. The van der Waals surface area contributed by atoms with E-state index in [1.807, 2.05) is 18.2 Å². The number of para-hydroxylation sites is 1. The number of aromatic nitrogens is 3. The fourth-order valence-electron chi connectivity index (χ4n) is 3.21. The van der Waals surface area contributed by atoms with Crippen LogP contribution >= 0.6 is 0 Å². The Labute approximate surface area is 145 Å². The van der Waals surface area contributed by atoms with Crippen LogP contribution < -0.4 is 10.2 Å². The highest BCUT2D eigenvalue weighted by molar-refractivity contribution is 5.90. The molecule has 1 N–H and O–H groups in total. The predicted molar refractivity (Wildman–Crippen MR) is 97.1 cm³/mol. The van der Waals surface area contributed by atoms with Gasteiger partial charge in [0.15, 0.2) is 0 Å². The molecule has 0 unspecified atom stereocenters. The molecule has 1 aliphatic rings. The van der Waals surface area contributed by atoms with Crippen LogP contribution in [0.1, 0.15) is 19.4 Å². The van der Waals surface area contributed by atoms with Crippen LogP contribution in [0.15, 0.2) is 42.6 Å². The molecule has 1 saturated heterocycles. The molecule has 0 radical (unpaired) electrons. The van der Waals surface area contributed by atoms with Gasteiger partial charge in [-0.3, -0.25) is 0 Å². The molecular weight excluding hydrogens is 317 g/mol. The van der Waals surface area contributed by atoms with Gasteiger partial charge in [-0.2, -0.15) is 9.37 Å². The van der Waals surface area contributed by atoms with Gasteiger partial charge in [0.1, 0.15) is 5.82 Å². The Morgan fingerprint density at radius 1 is 1.12 bits per heavy atom. The molecule has 6 heteroatoms. The zero-order valence-corrected chi connectivity index (χ0v) is 14.3. The number of pyridine rings is 1. The molecule has 0 spiro atoms. The van der Waals surface area contributed by atoms with Gasteiger partial charge in [0.25, 0.3) is 0 Å². The summed E-state index contributed by atoms with van der Waals surface area (Å²) in [6.45, 7) is 6.97. The van der Waals surface area contributed by atoms with Gasteiger partial charge < -0.3 is 10.2 Å². The van der Waals surface area contributed by atoms with Gasteiger partial charge in [-0.05, 0) is 29.2 Å². The van der Waals surface area contributed by atoms with E-state index in [0.29, 0.717) is 17.9 Å². The first-order valence-corrected chi connectivity index (χ1v) is 8.36. The van der Waals surface area contributed by atoms with Crippen LogP contribution in [0.25, 0.3) is 10.9 Å². The van der Waals surface area contributed by atoms with Crippen LogP contribution in [0.5, 0.6) is 0 Å². The van der Waals surface area contributed by atoms with Gasteiger partial charge in [0, 0.05) is 31.2 Å². The first-order chi connectivity index (χ1) is 12.0. The molecule has 5 nitrogen and oxygen atoms in total. The average Bonchev–Trinajstić information content (AvgIpc) is 2.58. The molecule has 0 aliphatic carbocycles. The third-order valence-corrected chi connectivity index (χ3v) is 4.36. The number of hydrogen-bond acceptors (Lipinski definition) is 5. The summed E-state index contributed by atoms with van der Waals surface area (Å²) in [4.78, 5) is 15.3. The van der Waals surface area contributed by atoms with E-state index in [0.717, 1.165) is 35.4 Å². The molecule has 2 aromatic heterocycles. The largest absolute Gasteiger partial charge is 0.355 e. The second-order valence-electron chi connectivity index (χ2n) is 7.25. The van der Waals surface area contributed by atoms with Gasteiger partial charge >= 0.3 is 0 Å². The highest BCUT2D eigenvalue weighted by Crippen LogP contribution is 2.36. The molecule has 0 bridgehead atoms. The topological polar surface area (TPSA) is 53.9 Å². The molecule has 3 heterocycles. The van der Waals surface area contributed by atoms with E-state index >= 15 is 0 Å². The number of fused-ring (bicyclic) bond motifs is 1. The summed E-state index contributed by atoms with van der Waals surface area (Å²) in [5.41, 5.74) is 2.11. The van der Waals surface area contributed by atoms with Gasteiger partial charge in [-0.15, -0.1) is 0 Å². The highest BCUT2D eigenvalue weighted by atomic mass is 19.1. The predicted octanol–water partition coefficient (Wildman–Crippen LogP) is 3.62. The van der Waals surface area contributed by atoms with Crippen LogP contribution in [0.4, 0.5) is 16.2 Å². The second-order valence-corrected chi connectivity index (χ2v) is 7.25. The Bertz CT molecular complexity index is 899. The Balaban J connectivity index is 1.62. The van der Waals surface area contributed by atoms with Crippen LogP contribution in [-0.4, -0.2) is 28.0 Å². The number of nitrogens with one attached hydrogen (secondary N) is 1. The molecule has 0 amide bonds. The zero-order valence-electron chi connectivity index (χ0n) is 14.3. The molecule has 25 heavy (non-hydrogen) atoms. The summed E-state index contributed by atoms with van der Waals surface area (Å²) >= 11 is 0. The van der Waals surface area contributed by atoms with Crippen molar-refractivity contribution in [3.63, 3.8) is 0 Å². The Morgan fingerprint density at radius 2 is 1.92 bits per heavy atom. The van der Waals surface area contributed by atoms with E-state index in [-0.39, 0.29) is 0 Å². The fourth-order valence-corrected chi connectivity index (χ4v) is 3.21. The number of halogens is 1. The van der Waals surface area contributed by atoms with Gasteiger partial charge in [-0.25, -0.2) is 9.97 Å². The maximum atomic E-state index is 12.9. The van der Waals surface area contributed by atoms with E-state index in [1.165, 1.54) is 12.3 Å². The maximum absolute atomic E-state index is 12.9. The van der Waals surface area contributed by atoms with E-state index in [2.05, 4.69) is 40.1 Å². The average molecular weight is 337 g/mol. The third-order valence-electron chi connectivity index (χ3n) is 4.36. The summed E-state index contributed by atoms with van der Waals surface area (Å²) in [6.07, 6.45) is 1.52. The van der Waals surface area contributed by atoms with Gasteiger partial charge in [0.2, 0.25) is 11.9 Å². The molecule has 1 aromatic carbocycles. The Hall–Kier alpha value is -2.76. The molecule has 0 saturated carbocycles. The Morgan fingerprint density at radius 3 is 2.64 bits per heavy atom. The summed E-state index contributed by atoms with van der Waals surface area (Å²) in [6, 6.07) is 11.1. The summed E-state index contributed by atoms with van der Waals surface area (Å²) in [5, 5.41) is 4.29. The number of anilines is 2. The van der Waals surface area contributed by atoms with Crippen molar-refractivity contribution < 1.29 is 4.39 Å². The third kappa shape index (κ3) is 3.24. The molecule has 128 valence electrons. The van der Waals surface area contributed by atoms with Crippen LogP contribution in [0, 0.1) is 11.4 Å². The first kappa shape index (κ1) is 15.7.